The van der Waals surface area contributed by atoms with Gasteiger partial charge in [-0.3, -0.25) is 9.69 Å². The summed E-state index contributed by atoms with van der Waals surface area (Å²) in [7, 11) is 1.63. The van der Waals surface area contributed by atoms with E-state index < -0.39 is 0 Å². The first-order chi connectivity index (χ1) is 20.2. The zero-order valence-electron chi connectivity index (χ0n) is 23.1. The molecule has 2 saturated heterocycles. The van der Waals surface area contributed by atoms with E-state index in [9.17, 15) is 4.79 Å². The molecule has 7 rings (SSSR count). The highest BCUT2D eigenvalue weighted by atomic mass is 16.5. The van der Waals surface area contributed by atoms with Gasteiger partial charge in [0, 0.05) is 50.6 Å². The number of benzene rings is 1. The number of pyridine rings is 2. The van der Waals surface area contributed by atoms with Gasteiger partial charge >= 0.3 is 0 Å². The molecule has 0 bridgehead atoms. The van der Waals surface area contributed by atoms with Crippen LogP contribution in [0.15, 0.2) is 67.1 Å². The fourth-order valence-electron chi connectivity index (χ4n) is 6.09. The number of imidazole rings is 2. The summed E-state index contributed by atoms with van der Waals surface area (Å²) in [6.45, 7) is 4.75. The smallest absolute Gasteiger partial charge is 0.229 e. The molecule has 1 amide bonds. The third-order valence-corrected chi connectivity index (χ3v) is 8.23. The number of amides is 1. The van der Waals surface area contributed by atoms with Crippen molar-refractivity contribution in [2.45, 2.75) is 18.9 Å². The van der Waals surface area contributed by atoms with Crippen LogP contribution in [0.4, 0.5) is 0 Å². The third-order valence-electron chi connectivity index (χ3n) is 8.23. The Kier molecular flexibility index (Phi) is 6.85. The van der Waals surface area contributed by atoms with Crippen LogP contribution in [0.25, 0.3) is 27.8 Å². The van der Waals surface area contributed by atoms with E-state index >= 15 is 0 Å². The molecular formula is C31H33N7O3. The van der Waals surface area contributed by atoms with Crippen molar-refractivity contribution in [2.24, 2.45) is 5.92 Å². The van der Waals surface area contributed by atoms with Crippen LogP contribution >= 0.6 is 0 Å². The molecule has 0 saturated carbocycles. The fraction of sp³-hybridized carbons (Fsp3) is 0.355. The number of rotatable bonds is 7. The first-order valence-electron chi connectivity index (χ1n) is 14.2. The lowest BCUT2D eigenvalue weighted by molar-refractivity contribution is -0.136. The maximum atomic E-state index is 13.8. The Hall–Kier alpha value is -4.28. The van der Waals surface area contributed by atoms with E-state index in [1.165, 1.54) is 0 Å². The van der Waals surface area contributed by atoms with E-state index in [-0.39, 0.29) is 18.4 Å². The normalized spacial score (nSPS) is 19.8. The Bertz CT molecular complexity index is 1690. The zero-order chi connectivity index (χ0) is 27.8. The number of methoxy groups -OCH3 is 1. The molecule has 1 N–H and O–H groups in total. The summed E-state index contributed by atoms with van der Waals surface area (Å²) < 4.78 is 13.3. The molecule has 0 aliphatic carbocycles. The molecule has 0 radical (unpaired) electrons. The van der Waals surface area contributed by atoms with Crippen LogP contribution < -0.4 is 4.74 Å². The summed E-state index contributed by atoms with van der Waals surface area (Å²) in [5, 5.41) is 1.02. The van der Waals surface area contributed by atoms with Gasteiger partial charge in [-0.1, -0.05) is 24.3 Å². The molecule has 2 fully saturated rings. The Morgan fingerprint density at radius 2 is 2.02 bits per heavy atom. The minimum atomic E-state index is -0.217. The highest BCUT2D eigenvalue weighted by molar-refractivity contribution is 5.85. The number of aromatic nitrogens is 5. The van der Waals surface area contributed by atoms with Crippen molar-refractivity contribution in [1.29, 1.82) is 0 Å². The van der Waals surface area contributed by atoms with Crippen LogP contribution in [0, 0.1) is 5.92 Å². The summed E-state index contributed by atoms with van der Waals surface area (Å²) in [5.41, 5.74) is 4.23. The second-order valence-electron chi connectivity index (χ2n) is 10.9. The fourth-order valence-corrected chi connectivity index (χ4v) is 6.09. The van der Waals surface area contributed by atoms with Crippen LogP contribution in [0.1, 0.15) is 24.0 Å². The summed E-state index contributed by atoms with van der Waals surface area (Å²) >= 11 is 0. The number of carbonyl (C=O) groups excluding carboxylic acids is 1. The Balaban J connectivity index is 1.19. The van der Waals surface area contributed by atoms with E-state index in [0.29, 0.717) is 24.9 Å². The summed E-state index contributed by atoms with van der Waals surface area (Å²) in [5.74, 6) is 1.88. The lowest BCUT2D eigenvalue weighted by atomic mass is 10.1. The van der Waals surface area contributed by atoms with Gasteiger partial charge < -0.3 is 23.8 Å². The second kappa shape index (κ2) is 10.9. The van der Waals surface area contributed by atoms with Crippen LogP contribution in [0.5, 0.6) is 5.88 Å². The van der Waals surface area contributed by atoms with Crippen LogP contribution in [0.3, 0.4) is 0 Å². The van der Waals surface area contributed by atoms with Gasteiger partial charge in [-0.2, -0.15) is 0 Å². The van der Waals surface area contributed by atoms with Crippen LogP contribution in [0.2, 0.25) is 0 Å². The molecule has 41 heavy (non-hydrogen) atoms. The van der Waals surface area contributed by atoms with Gasteiger partial charge in [0.15, 0.2) is 0 Å². The number of hydrogen-bond donors (Lipinski definition) is 1. The van der Waals surface area contributed by atoms with Gasteiger partial charge in [-0.25, -0.2) is 15.0 Å². The van der Waals surface area contributed by atoms with Gasteiger partial charge in [0.05, 0.1) is 48.8 Å². The quantitative estimate of drug-likeness (QED) is 0.329. The zero-order valence-corrected chi connectivity index (χ0v) is 23.1. The molecule has 2 unspecified atom stereocenters. The number of para-hydroxylation sites is 1. The first kappa shape index (κ1) is 25.7. The van der Waals surface area contributed by atoms with Gasteiger partial charge in [0.25, 0.3) is 0 Å². The Morgan fingerprint density at radius 3 is 2.90 bits per heavy atom. The van der Waals surface area contributed by atoms with E-state index in [4.69, 9.17) is 19.4 Å². The first-order valence-corrected chi connectivity index (χ1v) is 14.2. The van der Waals surface area contributed by atoms with Gasteiger partial charge in [-0.05, 0) is 36.6 Å². The summed E-state index contributed by atoms with van der Waals surface area (Å²) in [6.07, 6.45) is 6.92. The van der Waals surface area contributed by atoms with Gasteiger partial charge in [0.2, 0.25) is 11.8 Å². The monoisotopic (exact) mass is 551 g/mol. The van der Waals surface area contributed by atoms with Crippen molar-refractivity contribution < 1.29 is 14.3 Å². The molecule has 10 heteroatoms. The summed E-state index contributed by atoms with van der Waals surface area (Å²) in [6, 6.07) is 15.7. The minimum absolute atomic E-state index is 0.0624. The number of piperazine rings is 1. The highest BCUT2D eigenvalue weighted by Crippen LogP contribution is 2.33. The van der Waals surface area contributed by atoms with E-state index in [1.54, 1.807) is 13.3 Å². The Morgan fingerprint density at radius 1 is 1.12 bits per heavy atom. The third kappa shape index (κ3) is 5.05. The molecule has 2 atom stereocenters. The maximum Gasteiger partial charge on any atom is 0.229 e. The maximum absolute atomic E-state index is 13.8. The van der Waals surface area contributed by atoms with Crippen molar-refractivity contribution in [3.8, 4) is 17.1 Å². The SMILES string of the molecule is COc1nc2ccccc2cc1-c1cnc(C2CN(CC3CCOC3)CCN2C(=O)Cc2cnc3ccccn23)[nH]1. The average molecular weight is 552 g/mol. The topological polar surface area (TPSA) is 101 Å². The van der Waals surface area contributed by atoms with Crippen molar-refractivity contribution in [3.63, 3.8) is 0 Å². The molecule has 1 aromatic carbocycles. The minimum Gasteiger partial charge on any atom is -0.480 e. The lowest BCUT2D eigenvalue weighted by Crippen LogP contribution is -2.52. The van der Waals surface area contributed by atoms with Crippen molar-refractivity contribution >= 4 is 22.5 Å². The number of carbonyl (C=O) groups is 1. The van der Waals surface area contributed by atoms with E-state index in [0.717, 1.165) is 72.0 Å². The average Bonchev–Trinajstić information content (AvgIpc) is 3.79. The van der Waals surface area contributed by atoms with Crippen molar-refractivity contribution in [1.82, 2.24) is 34.1 Å². The van der Waals surface area contributed by atoms with E-state index in [2.05, 4.69) is 20.9 Å². The molecule has 5 aromatic rings. The standard InChI is InChI=1S/C31H33N7O3/c1-40-31-24(14-22-6-2-3-7-25(22)35-31)26-17-33-30(34-26)27-19-36(18-21-9-13-41-20-21)11-12-38(27)29(39)15-23-16-32-28-8-4-5-10-37(23)28/h2-8,10,14,16-17,21,27H,9,11-13,15,18-20H2,1H3,(H,33,34). The molecule has 4 aromatic heterocycles. The lowest BCUT2D eigenvalue weighted by Gasteiger charge is -2.41. The number of fused-ring (bicyclic) bond motifs is 2. The second-order valence-corrected chi connectivity index (χ2v) is 10.9. The van der Waals surface area contributed by atoms with Crippen molar-refractivity contribution in [2.75, 3.05) is 46.5 Å². The number of H-pyrrole nitrogens is 1. The summed E-state index contributed by atoms with van der Waals surface area (Å²) in [4.78, 5) is 35.8. The van der Waals surface area contributed by atoms with Gasteiger partial charge in [0.1, 0.15) is 17.5 Å². The Labute approximate surface area is 237 Å². The molecule has 10 nitrogen and oxygen atoms in total. The highest BCUT2D eigenvalue weighted by Gasteiger charge is 2.35. The number of nitrogens with one attached hydrogen (secondary N) is 1. The number of hydrogen-bond acceptors (Lipinski definition) is 7. The largest absolute Gasteiger partial charge is 0.480 e. The van der Waals surface area contributed by atoms with Crippen LogP contribution in [-0.2, 0) is 16.0 Å². The molecule has 0 spiro atoms. The van der Waals surface area contributed by atoms with Crippen molar-refractivity contribution in [3.05, 3.63) is 78.6 Å². The van der Waals surface area contributed by atoms with Gasteiger partial charge in [-0.15, -0.1) is 0 Å². The number of nitrogens with zero attached hydrogens (tertiary/aromatic N) is 6. The predicted octanol–water partition coefficient (Wildman–Crippen LogP) is 3.75. The molecule has 6 heterocycles. The molecule has 2 aliphatic heterocycles. The number of ether oxygens (including phenoxy) is 2. The molecule has 210 valence electrons. The van der Waals surface area contributed by atoms with E-state index in [1.807, 2.05) is 64.2 Å². The predicted molar refractivity (Wildman–Crippen MR) is 155 cm³/mol. The van der Waals surface area contributed by atoms with Crippen LogP contribution in [-0.4, -0.2) is 86.5 Å². The number of aromatic amines is 1. The molecular weight excluding hydrogens is 518 g/mol. The molecule has 2 aliphatic rings.